The summed E-state index contributed by atoms with van der Waals surface area (Å²) in [4.78, 5) is 24.8. The van der Waals surface area contributed by atoms with E-state index in [0.717, 1.165) is 12.8 Å². The SMILES string of the molecule is CCC(CN)C(=O)N1CCCNC(=O)C1. The van der Waals surface area contributed by atoms with Crippen molar-refractivity contribution >= 4 is 11.8 Å². The van der Waals surface area contributed by atoms with E-state index in [1.165, 1.54) is 0 Å². The van der Waals surface area contributed by atoms with Crippen LogP contribution in [0.25, 0.3) is 0 Å². The number of amides is 2. The van der Waals surface area contributed by atoms with Gasteiger partial charge in [-0.15, -0.1) is 0 Å². The zero-order chi connectivity index (χ0) is 11.3. The highest BCUT2D eigenvalue weighted by Gasteiger charge is 2.24. The van der Waals surface area contributed by atoms with Crippen LogP contribution in [0.4, 0.5) is 0 Å². The van der Waals surface area contributed by atoms with Gasteiger partial charge in [0.1, 0.15) is 0 Å². The zero-order valence-corrected chi connectivity index (χ0v) is 9.16. The Balaban J connectivity index is 2.60. The van der Waals surface area contributed by atoms with E-state index >= 15 is 0 Å². The highest BCUT2D eigenvalue weighted by molar-refractivity contribution is 5.86. The average molecular weight is 213 g/mol. The van der Waals surface area contributed by atoms with Crippen molar-refractivity contribution in [1.82, 2.24) is 10.2 Å². The van der Waals surface area contributed by atoms with Crippen LogP contribution in [0.5, 0.6) is 0 Å². The van der Waals surface area contributed by atoms with Crippen molar-refractivity contribution < 1.29 is 9.59 Å². The summed E-state index contributed by atoms with van der Waals surface area (Å²) in [5, 5.41) is 2.74. The lowest BCUT2D eigenvalue weighted by atomic mass is 10.1. The van der Waals surface area contributed by atoms with Crippen molar-refractivity contribution in [3.05, 3.63) is 0 Å². The molecular formula is C10H19N3O2. The summed E-state index contributed by atoms with van der Waals surface area (Å²) in [5.41, 5.74) is 5.52. The van der Waals surface area contributed by atoms with Crippen molar-refractivity contribution in [1.29, 1.82) is 0 Å². The van der Waals surface area contributed by atoms with Gasteiger partial charge >= 0.3 is 0 Å². The lowest BCUT2D eigenvalue weighted by Gasteiger charge is -2.23. The molecule has 0 aliphatic carbocycles. The largest absolute Gasteiger partial charge is 0.354 e. The van der Waals surface area contributed by atoms with Gasteiger partial charge in [0.2, 0.25) is 11.8 Å². The predicted molar refractivity (Wildman–Crippen MR) is 57.0 cm³/mol. The van der Waals surface area contributed by atoms with Gasteiger partial charge in [-0.25, -0.2) is 0 Å². The summed E-state index contributed by atoms with van der Waals surface area (Å²) in [6.45, 7) is 3.77. The summed E-state index contributed by atoms with van der Waals surface area (Å²) >= 11 is 0. The summed E-state index contributed by atoms with van der Waals surface area (Å²) < 4.78 is 0. The minimum atomic E-state index is -0.143. The first-order valence-corrected chi connectivity index (χ1v) is 5.44. The van der Waals surface area contributed by atoms with Gasteiger partial charge < -0.3 is 16.0 Å². The molecule has 0 aromatic carbocycles. The molecule has 1 rings (SSSR count). The number of rotatable bonds is 3. The molecule has 1 aliphatic heterocycles. The molecule has 0 saturated carbocycles. The maximum Gasteiger partial charge on any atom is 0.239 e. The molecule has 5 heteroatoms. The Morgan fingerprint density at radius 3 is 3.00 bits per heavy atom. The Morgan fingerprint density at radius 2 is 2.40 bits per heavy atom. The van der Waals surface area contributed by atoms with Gasteiger partial charge in [-0.1, -0.05) is 6.92 Å². The van der Waals surface area contributed by atoms with E-state index in [2.05, 4.69) is 5.32 Å². The zero-order valence-electron chi connectivity index (χ0n) is 9.16. The van der Waals surface area contributed by atoms with Crippen molar-refractivity contribution in [3.63, 3.8) is 0 Å². The first-order valence-electron chi connectivity index (χ1n) is 5.44. The average Bonchev–Trinajstić information content (AvgIpc) is 2.44. The highest BCUT2D eigenvalue weighted by Crippen LogP contribution is 2.08. The van der Waals surface area contributed by atoms with Crippen molar-refractivity contribution in [3.8, 4) is 0 Å². The molecule has 0 radical (unpaired) electrons. The Kier molecular flexibility index (Phi) is 4.55. The number of carbonyl (C=O) groups is 2. The van der Waals surface area contributed by atoms with Crippen LogP contribution < -0.4 is 11.1 Å². The monoisotopic (exact) mass is 213 g/mol. The van der Waals surface area contributed by atoms with Crippen LogP contribution >= 0.6 is 0 Å². The Morgan fingerprint density at radius 1 is 1.67 bits per heavy atom. The fourth-order valence-electron chi connectivity index (χ4n) is 1.69. The Bertz CT molecular complexity index is 239. The fourth-order valence-corrected chi connectivity index (χ4v) is 1.69. The first kappa shape index (κ1) is 12.0. The van der Waals surface area contributed by atoms with Crippen LogP contribution in [-0.2, 0) is 9.59 Å². The van der Waals surface area contributed by atoms with E-state index in [1.807, 2.05) is 6.92 Å². The second-order valence-electron chi connectivity index (χ2n) is 3.80. The standard InChI is InChI=1S/C10H19N3O2/c1-2-8(6-11)10(15)13-5-3-4-12-9(14)7-13/h8H,2-7,11H2,1H3,(H,12,14). The highest BCUT2D eigenvalue weighted by atomic mass is 16.2. The summed E-state index contributed by atoms with van der Waals surface area (Å²) in [6.07, 6.45) is 1.55. The van der Waals surface area contributed by atoms with Crippen molar-refractivity contribution in [2.45, 2.75) is 19.8 Å². The number of hydrogen-bond donors (Lipinski definition) is 2. The molecule has 1 fully saturated rings. The van der Waals surface area contributed by atoms with Crippen molar-refractivity contribution in [2.24, 2.45) is 11.7 Å². The lowest BCUT2D eigenvalue weighted by Crippen LogP contribution is -2.42. The lowest BCUT2D eigenvalue weighted by molar-refractivity contribution is -0.138. The maximum absolute atomic E-state index is 11.9. The Hall–Kier alpha value is -1.10. The molecular weight excluding hydrogens is 194 g/mol. The molecule has 0 bridgehead atoms. The maximum atomic E-state index is 11.9. The third-order valence-electron chi connectivity index (χ3n) is 2.70. The number of hydrogen-bond acceptors (Lipinski definition) is 3. The number of nitrogens with zero attached hydrogens (tertiary/aromatic N) is 1. The topological polar surface area (TPSA) is 75.4 Å². The van der Waals surface area contributed by atoms with E-state index in [-0.39, 0.29) is 24.3 Å². The van der Waals surface area contributed by atoms with Crippen LogP contribution in [0.1, 0.15) is 19.8 Å². The van der Waals surface area contributed by atoms with E-state index in [1.54, 1.807) is 4.90 Å². The first-order chi connectivity index (χ1) is 7.19. The third kappa shape index (κ3) is 3.20. The molecule has 2 amide bonds. The molecule has 0 aromatic rings. The van der Waals surface area contributed by atoms with E-state index < -0.39 is 0 Å². The predicted octanol–water partition coefficient (Wildman–Crippen LogP) is -0.680. The summed E-state index contributed by atoms with van der Waals surface area (Å²) in [5.74, 6) is -0.208. The van der Waals surface area contributed by atoms with Crippen LogP contribution in [0.3, 0.4) is 0 Å². The molecule has 86 valence electrons. The fraction of sp³-hybridized carbons (Fsp3) is 0.800. The van der Waals surface area contributed by atoms with Gasteiger partial charge in [0, 0.05) is 19.6 Å². The molecule has 15 heavy (non-hydrogen) atoms. The summed E-state index contributed by atoms with van der Waals surface area (Å²) in [6, 6.07) is 0. The second kappa shape index (κ2) is 5.70. The van der Waals surface area contributed by atoms with Gasteiger partial charge in [0.25, 0.3) is 0 Å². The molecule has 3 N–H and O–H groups in total. The van der Waals surface area contributed by atoms with Crippen molar-refractivity contribution in [2.75, 3.05) is 26.2 Å². The normalized spacial score (nSPS) is 19.3. The minimum absolute atomic E-state index is 0.0112. The molecule has 1 heterocycles. The van der Waals surface area contributed by atoms with Gasteiger partial charge in [-0.05, 0) is 12.8 Å². The van der Waals surface area contributed by atoms with Gasteiger partial charge in [-0.2, -0.15) is 0 Å². The summed E-state index contributed by atoms with van der Waals surface area (Å²) in [7, 11) is 0. The molecule has 1 unspecified atom stereocenters. The quantitative estimate of drug-likeness (QED) is 0.652. The smallest absolute Gasteiger partial charge is 0.239 e. The van der Waals surface area contributed by atoms with Gasteiger partial charge in [-0.3, -0.25) is 9.59 Å². The van der Waals surface area contributed by atoms with Gasteiger partial charge in [0.05, 0.1) is 12.5 Å². The van der Waals surface area contributed by atoms with E-state index in [4.69, 9.17) is 5.73 Å². The Labute approximate surface area is 90.0 Å². The molecule has 1 atom stereocenters. The molecule has 0 spiro atoms. The molecule has 1 saturated heterocycles. The number of carbonyl (C=O) groups excluding carboxylic acids is 2. The van der Waals surface area contributed by atoms with E-state index in [9.17, 15) is 9.59 Å². The molecule has 5 nitrogen and oxygen atoms in total. The van der Waals surface area contributed by atoms with E-state index in [0.29, 0.717) is 19.6 Å². The number of nitrogens with one attached hydrogen (secondary N) is 1. The van der Waals surface area contributed by atoms with Crippen LogP contribution in [0.2, 0.25) is 0 Å². The van der Waals surface area contributed by atoms with Crippen LogP contribution in [-0.4, -0.2) is 42.9 Å². The van der Waals surface area contributed by atoms with Crippen LogP contribution in [0.15, 0.2) is 0 Å². The minimum Gasteiger partial charge on any atom is -0.354 e. The molecule has 1 aliphatic rings. The van der Waals surface area contributed by atoms with Crippen LogP contribution in [0, 0.1) is 5.92 Å². The molecule has 0 aromatic heterocycles. The number of nitrogens with two attached hydrogens (primary N) is 1. The van der Waals surface area contributed by atoms with Gasteiger partial charge in [0.15, 0.2) is 0 Å². The second-order valence-corrected chi connectivity index (χ2v) is 3.80. The third-order valence-corrected chi connectivity index (χ3v) is 2.70.